The van der Waals surface area contributed by atoms with Crippen LogP contribution in [-0.4, -0.2) is 24.8 Å². The Morgan fingerprint density at radius 3 is 1.53 bits per heavy atom. The Bertz CT molecular complexity index is 157. The predicted molar refractivity (Wildman–Crippen MR) is 76.8 cm³/mol. The van der Waals surface area contributed by atoms with Gasteiger partial charge in [-0.25, -0.2) is 0 Å². The number of hydroxylamine groups is 3. The highest BCUT2D eigenvalue weighted by Gasteiger charge is 2.04. The summed E-state index contributed by atoms with van der Waals surface area (Å²) in [6, 6.07) is 0. The van der Waals surface area contributed by atoms with E-state index in [-0.39, 0.29) is 4.65 Å². The van der Waals surface area contributed by atoms with E-state index in [2.05, 4.69) is 6.92 Å². The molecule has 0 aliphatic rings. The highest BCUT2D eigenvalue weighted by Crippen LogP contribution is 2.11. The molecule has 0 bridgehead atoms. The highest BCUT2D eigenvalue weighted by molar-refractivity contribution is 4.48. The van der Waals surface area contributed by atoms with Gasteiger partial charge >= 0.3 is 0 Å². The molecular weight excluding hydrogens is 210 g/mol. The van der Waals surface area contributed by atoms with Crippen molar-refractivity contribution in [3.05, 3.63) is 5.21 Å². The summed E-state index contributed by atoms with van der Waals surface area (Å²) in [7, 11) is 1.79. The normalized spacial score (nSPS) is 14.8. The number of hydrogen-bond donors (Lipinski definition) is 0. The number of unbranched alkanes of at least 4 members (excludes halogenated alkanes) is 9. The quantitative estimate of drug-likeness (QED) is 0.272. The maximum absolute atomic E-state index is 11.6. The second-order valence-electron chi connectivity index (χ2n) is 5.52. The van der Waals surface area contributed by atoms with Crippen LogP contribution in [-0.2, 0) is 0 Å². The third-order valence-electron chi connectivity index (χ3n) is 3.65. The third-order valence-corrected chi connectivity index (χ3v) is 3.65. The first-order valence-corrected chi connectivity index (χ1v) is 7.68. The first-order chi connectivity index (χ1) is 8.12. The second kappa shape index (κ2) is 11.0. The Labute approximate surface area is 109 Å². The molecular formula is C15H33NO. The van der Waals surface area contributed by atoms with Gasteiger partial charge in [0, 0.05) is 0 Å². The Hall–Kier alpha value is -0.0800. The van der Waals surface area contributed by atoms with Crippen molar-refractivity contribution in [3.63, 3.8) is 0 Å². The molecule has 1 unspecified atom stereocenters. The van der Waals surface area contributed by atoms with E-state index < -0.39 is 0 Å². The third kappa shape index (κ3) is 12.2. The van der Waals surface area contributed by atoms with E-state index in [0.29, 0.717) is 6.54 Å². The van der Waals surface area contributed by atoms with Crippen molar-refractivity contribution in [3.8, 4) is 0 Å². The largest absolute Gasteiger partial charge is 0.633 e. The van der Waals surface area contributed by atoms with Gasteiger partial charge in [-0.2, -0.15) is 0 Å². The fraction of sp³-hybridized carbons (Fsp3) is 1.00. The van der Waals surface area contributed by atoms with Crippen molar-refractivity contribution in [1.82, 2.24) is 0 Å². The molecule has 1 atom stereocenters. The molecule has 17 heavy (non-hydrogen) atoms. The van der Waals surface area contributed by atoms with Crippen LogP contribution in [0.4, 0.5) is 0 Å². The van der Waals surface area contributed by atoms with Crippen LogP contribution in [0.3, 0.4) is 0 Å². The number of hydrogen-bond acceptors (Lipinski definition) is 1. The van der Waals surface area contributed by atoms with E-state index in [9.17, 15) is 5.21 Å². The van der Waals surface area contributed by atoms with Crippen LogP contribution >= 0.6 is 0 Å². The number of quaternary nitrogens is 1. The second-order valence-corrected chi connectivity index (χ2v) is 5.52. The van der Waals surface area contributed by atoms with Crippen LogP contribution in [0.15, 0.2) is 0 Å². The maximum atomic E-state index is 11.6. The maximum Gasteiger partial charge on any atom is 0.0781 e. The fourth-order valence-electron chi connectivity index (χ4n) is 2.09. The van der Waals surface area contributed by atoms with Gasteiger partial charge in [-0.3, -0.25) is 0 Å². The molecule has 0 N–H and O–H groups in total. The molecule has 0 rings (SSSR count). The van der Waals surface area contributed by atoms with Crippen molar-refractivity contribution < 1.29 is 4.65 Å². The van der Waals surface area contributed by atoms with Crippen LogP contribution in [0.2, 0.25) is 0 Å². The van der Waals surface area contributed by atoms with E-state index >= 15 is 0 Å². The minimum Gasteiger partial charge on any atom is -0.633 e. The van der Waals surface area contributed by atoms with Gasteiger partial charge in [0.25, 0.3) is 0 Å². The smallest absolute Gasteiger partial charge is 0.0781 e. The molecule has 0 saturated heterocycles. The van der Waals surface area contributed by atoms with Crippen molar-refractivity contribution in [2.24, 2.45) is 0 Å². The minimum atomic E-state index is -0.0585. The Kier molecular flexibility index (Phi) is 11.0. The van der Waals surface area contributed by atoms with Gasteiger partial charge in [0.05, 0.1) is 20.1 Å². The summed E-state index contributed by atoms with van der Waals surface area (Å²) in [6.07, 6.45) is 13.4. The Balaban J connectivity index is 3.09. The van der Waals surface area contributed by atoms with Crippen LogP contribution in [0, 0.1) is 5.21 Å². The molecule has 2 heteroatoms. The zero-order chi connectivity index (χ0) is 13.0. The SMILES string of the molecule is CCCCCCCCCCCC[N+](C)([O-])CC. The van der Waals surface area contributed by atoms with Gasteiger partial charge in [0.15, 0.2) is 0 Å². The van der Waals surface area contributed by atoms with Crippen LogP contribution < -0.4 is 0 Å². The lowest BCUT2D eigenvalue weighted by Crippen LogP contribution is -2.37. The van der Waals surface area contributed by atoms with E-state index in [0.717, 1.165) is 13.0 Å². The van der Waals surface area contributed by atoms with Gasteiger partial charge < -0.3 is 9.85 Å². The van der Waals surface area contributed by atoms with Crippen molar-refractivity contribution in [2.75, 3.05) is 20.1 Å². The standard InChI is InChI=1S/C15H33NO/c1-4-6-7-8-9-10-11-12-13-14-15-16(3,17)5-2/h4-15H2,1-3H3. The van der Waals surface area contributed by atoms with Gasteiger partial charge in [0.2, 0.25) is 0 Å². The van der Waals surface area contributed by atoms with Crippen molar-refractivity contribution in [2.45, 2.75) is 78.1 Å². The molecule has 0 aromatic carbocycles. The molecule has 0 saturated carbocycles. The summed E-state index contributed by atoms with van der Waals surface area (Å²) in [6.45, 7) is 5.74. The number of nitrogens with zero attached hydrogens (tertiary/aromatic N) is 1. The molecule has 0 aliphatic heterocycles. The lowest BCUT2D eigenvalue weighted by molar-refractivity contribution is -0.859. The minimum absolute atomic E-state index is 0.0585. The first-order valence-electron chi connectivity index (χ1n) is 7.68. The summed E-state index contributed by atoms with van der Waals surface area (Å²) in [4.78, 5) is 0. The summed E-state index contributed by atoms with van der Waals surface area (Å²) in [5, 5.41) is 11.6. The van der Waals surface area contributed by atoms with Gasteiger partial charge in [0.1, 0.15) is 0 Å². The molecule has 0 heterocycles. The molecule has 0 aromatic rings. The molecule has 104 valence electrons. The lowest BCUT2D eigenvalue weighted by Gasteiger charge is -2.37. The predicted octanol–water partition coefficient (Wildman–Crippen LogP) is 4.87. The molecule has 0 aromatic heterocycles. The molecule has 0 fully saturated rings. The average molecular weight is 243 g/mol. The number of rotatable bonds is 12. The monoisotopic (exact) mass is 243 g/mol. The molecule has 2 nitrogen and oxygen atoms in total. The van der Waals surface area contributed by atoms with E-state index in [1.54, 1.807) is 7.05 Å². The summed E-state index contributed by atoms with van der Waals surface area (Å²) < 4.78 is -0.0585. The Morgan fingerprint density at radius 1 is 0.706 bits per heavy atom. The first kappa shape index (κ1) is 16.9. The fourth-order valence-corrected chi connectivity index (χ4v) is 2.09. The van der Waals surface area contributed by atoms with Crippen LogP contribution in [0.1, 0.15) is 78.1 Å². The zero-order valence-electron chi connectivity index (χ0n) is 12.3. The molecule has 0 amide bonds. The van der Waals surface area contributed by atoms with E-state index in [1.165, 1.54) is 57.8 Å². The van der Waals surface area contributed by atoms with Crippen LogP contribution in [0.5, 0.6) is 0 Å². The topological polar surface area (TPSA) is 23.1 Å². The molecule has 0 spiro atoms. The van der Waals surface area contributed by atoms with Crippen molar-refractivity contribution >= 4 is 0 Å². The molecule has 0 aliphatic carbocycles. The summed E-state index contributed by atoms with van der Waals surface area (Å²) in [5.41, 5.74) is 0. The molecule has 0 radical (unpaired) electrons. The lowest BCUT2D eigenvalue weighted by atomic mass is 10.1. The zero-order valence-corrected chi connectivity index (χ0v) is 12.3. The van der Waals surface area contributed by atoms with Gasteiger partial charge in [-0.1, -0.05) is 58.3 Å². The summed E-state index contributed by atoms with van der Waals surface area (Å²) in [5.74, 6) is 0. The van der Waals surface area contributed by atoms with E-state index in [1.807, 2.05) is 6.92 Å². The summed E-state index contributed by atoms with van der Waals surface area (Å²) >= 11 is 0. The Morgan fingerprint density at radius 2 is 1.12 bits per heavy atom. The van der Waals surface area contributed by atoms with E-state index in [4.69, 9.17) is 0 Å². The highest BCUT2D eigenvalue weighted by atomic mass is 16.5. The van der Waals surface area contributed by atoms with Gasteiger partial charge in [-0.15, -0.1) is 0 Å². The van der Waals surface area contributed by atoms with Gasteiger partial charge in [-0.05, 0) is 19.8 Å². The van der Waals surface area contributed by atoms with Crippen LogP contribution in [0.25, 0.3) is 0 Å². The van der Waals surface area contributed by atoms with Crippen molar-refractivity contribution in [1.29, 1.82) is 0 Å². The average Bonchev–Trinajstić information content (AvgIpc) is 2.31.